The smallest absolute Gasteiger partial charge is 0.255 e. The molecule has 33 heavy (non-hydrogen) atoms. The number of hydrogen-bond acceptors (Lipinski definition) is 4. The number of nitrogens with zero attached hydrogens (tertiary/aromatic N) is 3. The number of benzene rings is 2. The van der Waals surface area contributed by atoms with Gasteiger partial charge in [-0.15, -0.1) is 0 Å². The molecule has 1 aliphatic rings. The van der Waals surface area contributed by atoms with Crippen molar-refractivity contribution in [2.75, 3.05) is 20.2 Å². The molecule has 0 spiro atoms. The van der Waals surface area contributed by atoms with E-state index in [0.717, 1.165) is 49.6 Å². The number of halogens is 1. The van der Waals surface area contributed by atoms with E-state index in [2.05, 4.69) is 35.2 Å². The lowest BCUT2D eigenvalue weighted by atomic mass is 10.0. The van der Waals surface area contributed by atoms with Gasteiger partial charge in [-0.1, -0.05) is 43.6 Å². The third-order valence-electron chi connectivity index (χ3n) is 6.18. The molecule has 0 unspecified atom stereocenters. The molecule has 0 saturated carbocycles. The Balaban J connectivity index is 1.40. The number of para-hydroxylation sites is 1. The van der Waals surface area contributed by atoms with Crippen molar-refractivity contribution in [2.45, 2.75) is 45.2 Å². The van der Waals surface area contributed by atoms with Crippen LogP contribution in [0.25, 0.3) is 5.69 Å². The molecule has 1 aromatic heterocycles. The van der Waals surface area contributed by atoms with Crippen molar-refractivity contribution in [1.29, 1.82) is 0 Å². The second kappa shape index (κ2) is 10.4. The lowest BCUT2D eigenvalue weighted by Gasteiger charge is -2.32. The Bertz CT molecular complexity index is 1090. The Labute approximate surface area is 200 Å². The number of likely N-dealkylation sites (tertiary alicyclic amines) is 1. The zero-order valence-electron chi connectivity index (χ0n) is 19.4. The maximum atomic E-state index is 13.2. The molecule has 0 radical (unpaired) electrons. The molecule has 174 valence electrons. The van der Waals surface area contributed by atoms with Gasteiger partial charge in [-0.25, -0.2) is 4.68 Å². The van der Waals surface area contributed by atoms with Crippen molar-refractivity contribution in [1.82, 2.24) is 20.0 Å². The van der Waals surface area contributed by atoms with Gasteiger partial charge in [0.15, 0.2) is 0 Å². The Morgan fingerprint density at radius 1 is 1.15 bits per heavy atom. The molecular weight excluding hydrogens is 436 g/mol. The van der Waals surface area contributed by atoms with E-state index in [1.165, 1.54) is 5.56 Å². The van der Waals surface area contributed by atoms with Gasteiger partial charge in [0, 0.05) is 36.3 Å². The first-order valence-corrected chi connectivity index (χ1v) is 11.8. The monoisotopic (exact) mass is 466 g/mol. The second-order valence-electron chi connectivity index (χ2n) is 8.82. The van der Waals surface area contributed by atoms with E-state index in [9.17, 15) is 4.79 Å². The van der Waals surface area contributed by atoms with Crippen LogP contribution in [-0.4, -0.2) is 46.8 Å². The van der Waals surface area contributed by atoms with E-state index in [4.69, 9.17) is 16.3 Å². The number of rotatable bonds is 7. The molecule has 1 N–H and O–H groups in total. The summed E-state index contributed by atoms with van der Waals surface area (Å²) < 4.78 is 7.32. The lowest BCUT2D eigenvalue weighted by molar-refractivity contribution is 0.0907. The summed E-state index contributed by atoms with van der Waals surface area (Å²) >= 11 is 6.03. The van der Waals surface area contributed by atoms with Gasteiger partial charge in [0.25, 0.3) is 5.91 Å². The zero-order chi connectivity index (χ0) is 23.4. The molecule has 7 heteroatoms. The molecule has 0 atom stereocenters. The van der Waals surface area contributed by atoms with Gasteiger partial charge >= 0.3 is 0 Å². The van der Waals surface area contributed by atoms with Crippen LogP contribution in [0.3, 0.4) is 0 Å². The summed E-state index contributed by atoms with van der Waals surface area (Å²) in [5.74, 6) is 1.01. The summed E-state index contributed by atoms with van der Waals surface area (Å²) in [6.07, 6.45) is 3.52. The average Bonchev–Trinajstić information content (AvgIpc) is 3.27. The molecule has 1 fully saturated rings. The van der Waals surface area contributed by atoms with Gasteiger partial charge in [-0.3, -0.25) is 9.69 Å². The Hall–Kier alpha value is -2.83. The van der Waals surface area contributed by atoms with Crippen LogP contribution in [-0.2, 0) is 6.54 Å². The molecule has 1 aliphatic heterocycles. The summed E-state index contributed by atoms with van der Waals surface area (Å²) in [4.78, 5) is 15.6. The third-order valence-corrected chi connectivity index (χ3v) is 6.43. The standard InChI is InChI=1S/C26H31ClN4O2/c1-18(2)25-23(16-28-31(25)22-10-8-20(27)9-11-22)26(32)29-21-12-14-30(15-13-21)17-19-6-4-5-7-24(19)33-3/h4-11,16,18,21H,12-15,17H2,1-3H3,(H,29,32). The number of aromatic nitrogens is 2. The van der Waals surface area contributed by atoms with Crippen LogP contribution < -0.4 is 10.1 Å². The molecule has 2 heterocycles. The van der Waals surface area contributed by atoms with Crippen molar-refractivity contribution >= 4 is 17.5 Å². The highest BCUT2D eigenvalue weighted by Gasteiger charge is 2.25. The van der Waals surface area contributed by atoms with E-state index >= 15 is 0 Å². The van der Waals surface area contributed by atoms with E-state index in [-0.39, 0.29) is 17.9 Å². The van der Waals surface area contributed by atoms with E-state index in [0.29, 0.717) is 10.6 Å². The summed E-state index contributed by atoms with van der Waals surface area (Å²) in [6.45, 7) is 6.89. The fourth-order valence-electron chi connectivity index (χ4n) is 4.45. The SMILES string of the molecule is COc1ccccc1CN1CCC(NC(=O)c2cnn(-c3ccc(Cl)cc3)c2C(C)C)CC1. The van der Waals surface area contributed by atoms with Crippen LogP contribution in [0, 0.1) is 0 Å². The number of ether oxygens (including phenoxy) is 1. The number of amides is 1. The molecule has 1 saturated heterocycles. The predicted molar refractivity (Wildman–Crippen MR) is 131 cm³/mol. The number of carbonyl (C=O) groups excluding carboxylic acids is 1. The van der Waals surface area contributed by atoms with Crippen LogP contribution in [0.5, 0.6) is 5.75 Å². The molecule has 0 aliphatic carbocycles. The number of methoxy groups -OCH3 is 1. The van der Waals surface area contributed by atoms with Crippen molar-refractivity contribution in [2.24, 2.45) is 0 Å². The highest BCUT2D eigenvalue weighted by molar-refractivity contribution is 6.30. The molecule has 0 bridgehead atoms. The molecular formula is C26H31ClN4O2. The topological polar surface area (TPSA) is 59.4 Å². The normalized spacial score (nSPS) is 15.1. The molecule has 6 nitrogen and oxygen atoms in total. The Kier molecular flexibility index (Phi) is 7.36. The highest BCUT2D eigenvalue weighted by atomic mass is 35.5. The minimum Gasteiger partial charge on any atom is -0.496 e. The van der Waals surface area contributed by atoms with Crippen LogP contribution in [0.1, 0.15) is 54.2 Å². The Morgan fingerprint density at radius 3 is 2.52 bits per heavy atom. The van der Waals surface area contributed by atoms with E-state index in [1.54, 1.807) is 13.3 Å². The maximum absolute atomic E-state index is 13.2. The number of nitrogens with one attached hydrogen (secondary N) is 1. The summed E-state index contributed by atoms with van der Waals surface area (Å²) in [7, 11) is 1.71. The minimum absolute atomic E-state index is 0.0536. The number of carbonyl (C=O) groups is 1. The zero-order valence-corrected chi connectivity index (χ0v) is 20.2. The summed E-state index contributed by atoms with van der Waals surface area (Å²) in [5.41, 5.74) is 3.63. The van der Waals surface area contributed by atoms with Crippen molar-refractivity contribution in [3.05, 3.63) is 76.6 Å². The first-order chi connectivity index (χ1) is 16.0. The van der Waals surface area contributed by atoms with Gasteiger partial charge < -0.3 is 10.1 Å². The third kappa shape index (κ3) is 5.40. The van der Waals surface area contributed by atoms with Gasteiger partial charge in [-0.2, -0.15) is 5.10 Å². The average molecular weight is 467 g/mol. The minimum atomic E-state index is -0.0536. The first kappa shape index (κ1) is 23.3. The first-order valence-electron chi connectivity index (χ1n) is 11.4. The highest BCUT2D eigenvalue weighted by Crippen LogP contribution is 2.25. The van der Waals surface area contributed by atoms with Gasteiger partial charge in [0.1, 0.15) is 5.75 Å². The van der Waals surface area contributed by atoms with Crippen LogP contribution >= 0.6 is 11.6 Å². The van der Waals surface area contributed by atoms with Crippen molar-refractivity contribution < 1.29 is 9.53 Å². The van der Waals surface area contributed by atoms with Gasteiger partial charge in [-0.05, 0) is 49.1 Å². The van der Waals surface area contributed by atoms with Gasteiger partial charge in [0.05, 0.1) is 30.3 Å². The molecule has 1 amide bonds. The Morgan fingerprint density at radius 2 is 1.85 bits per heavy atom. The predicted octanol–water partition coefficient (Wildman–Crippen LogP) is 5.05. The number of piperidine rings is 1. The van der Waals surface area contributed by atoms with Gasteiger partial charge in [0.2, 0.25) is 0 Å². The quantitative estimate of drug-likeness (QED) is 0.529. The van der Waals surface area contributed by atoms with Crippen molar-refractivity contribution in [3.63, 3.8) is 0 Å². The summed E-state index contributed by atoms with van der Waals surface area (Å²) in [5, 5.41) is 8.44. The molecule has 2 aromatic carbocycles. The second-order valence-corrected chi connectivity index (χ2v) is 9.26. The van der Waals surface area contributed by atoms with Crippen molar-refractivity contribution in [3.8, 4) is 11.4 Å². The van der Waals surface area contributed by atoms with Crippen LogP contribution in [0.4, 0.5) is 0 Å². The fraction of sp³-hybridized carbons (Fsp3) is 0.385. The summed E-state index contributed by atoms with van der Waals surface area (Å²) in [6, 6.07) is 15.8. The molecule has 4 rings (SSSR count). The van der Waals surface area contributed by atoms with Crippen LogP contribution in [0.2, 0.25) is 5.02 Å². The fourth-order valence-corrected chi connectivity index (χ4v) is 4.58. The number of hydrogen-bond donors (Lipinski definition) is 1. The maximum Gasteiger partial charge on any atom is 0.255 e. The molecule has 3 aromatic rings. The largest absolute Gasteiger partial charge is 0.496 e. The van der Waals surface area contributed by atoms with E-state index < -0.39 is 0 Å². The van der Waals surface area contributed by atoms with Crippen LogP contribution in [0.15, 0.2) is 54.7 Å². The van der Waals surface area contributed by atoms with E-state index in [1.807, 2.05) is 47.1 Å². The lowest BCUT2D eigenvalue weighted by Crippen LogP contribution is -2.44.